The van der Waals surface area contributed by atoms with Crippen molar-refractivity contribution in [2.24, 2.45) is 0 Å². The first kappa shape index (κ1) is 18.6. The monoisotopic (exact) mass is 414 g/mol. The summed E-state index contributed by atoms with van der Waals surface area (Å²) < 4.78 is 14.3. The van der Waals surface area contributed by atoms with E-state index in [1.165, 1.54) is 29.2 Å². The predicted molar refractivity (Wildman–Crippen MR) is 108 cm³/mol. The van der Waals surface area contributed by atoms with Crippen LogP contribution < -0.4 is 10.6 Å². The van der Waals surface area contributed by atoms with E-state index in [1.54, 1.807) is 30.3 Å². The van der Waals surface area contributed by atoms with Gasteiger partial charge in [-0.3, -0.25) is 9.59 Å². The lowest BCUT2D eigenvalue weighted by molar-refractivity contribution is -0.116. The fraction of sp³-hybridized carbons (Fsp3) is 0.158. The maximum absolute atomic E-state index is 13.7. The largest absolute Gasteiger partial charge is 0.328 e. The molecule has 0 unspecified atom stereocenters. The molecule has 0 aliphatic carbocycles. The number of Topliss-reactive ketones (excluding diaryl/α,β-unsaturated/α-hetero) is 1. The van der Waals surface area contributed by atoms with Gasteiger partial charge in [0.2, 0.25) is 11.0 Å². The number of benzene rings is 2. The number of thioether (sulfide) groups is 1. The first-order valence-corrected chi connectivity index (χ1v) is 10.3. The summed E-state index contributed by atoms with van der Waals surface area (Å²) in [6.45, 7) is 0. The molecule has 1 aliphatic rings. The van der Waals surface area contributed by atoms with Gasteiger partial charge in [0, 0.05) is 17.7 Å². The lowest BCUT2D eigenvalue weighted by atomic mass is 9.99. The summed E-state index contributed by atoms with van der Waals surface area (Å²) in [4.78, 5) is 23.9. The average molecular weight is 414 g/mol. The minimum Gasteiger partial charge on any atom is -0.328 e. The number of hydrogen-bond acceptors (Lipinski definition) is 7. The number of halogens is 1. The van der Waals surface area contributed by atoms with Gasteiger partial charge < -0.3 is 10.6 Å². The zero-order valence-corrected chi connectivity index (χ0v) is 16.2. The Morgan fingerprint density at radius 2 is 2.07 bits per heavy atom. The molecule has 0 bridgehead atoms. The van der Waals surface area contributed by atoms with Crippen molar-refractivity contribution in [1.82, 2.24) is 10.2 Å². The zero-order chi connectivity index (χ0) is 19.5. The molecule has 1 amide bonds. The molecule has 2 N–H and O–H groups in total. The van der Waals surface area contributed by atoms with E-state index in [4.69, 9.17) is 0 Å². The minimum absolute atomic E-state index is 0.00167. The molecule has 0 spiro atoms. The van der Waals surface area contributed by atoms with Crippen LogP contribution in [0.1, 0.15) is 22.3 Å². The Bertz CT molecular complexity index is 1050. The Hall–Kier alpha value is -2.78. The lowest BCUT2D eigenvalue weighted by Gasteiger charge is -2.17. The topological polar surface area (TPSA) is 84.0 Å². The van der Waals surface area contributed by atoms with Crippen LogP contribution in [0.3, 0.4) is 0 Å². The van der Waals surface area contributed by atoms with Gasteiger partial charge in [0.1, 0.15) is 5.82 Å². The van der Waals surface area contributed by atoms with Crippen LogP contribution in [-0.4, -0.2) is 27.6 Å². The Labute approximate surface area is 168 Å². The van der Waals surface area contributed by atoms with Crippen LogP contribution in [0.5, 0.6) is 0 Å². The fourth-order valence-corrected chi connectivity index (χ4v) is 4.42. The van der Waals surface area contributed by atoms with Gasteiger partial charge in [-0.2, -0.15) is 0 Å². The summed E-state index contributed by atoms with van der Waals surface area (Å²) in [7, 11) is 0. The Morgan fingerprint density at radius 3 is 2.93 bits per heavy atom. The standard InChI is InChI=1S/C19H15FN4O2S2/c20-13-3-1-2-4-15(13)22-18-23-24-19(28-18)27-10-16(25)12-5-7-14-11(9-12)6-8-17(26)21-14/h1-5,7,9H,6,8,10H2,(H,21,26)(H,22,23). The molecule has 2 heterocycles. The lowest BCUT2D eigenvalue weighted by Crippen LogP contribution is -2.19. The zero-order valence-electron chi connectivity index (χ0n) is 14.6. The second-order valence-corrected chi connectivity index (χ2v) is 8.31. The highest BCUT2D eigenvalue weighted by molar-refractivity contribution is 8.01. The molecule has 0 atom stereocenters. The van der Waals surface area contributed by atoms with Gasteiger partial charge in [-0.25, -0.2) is 4.39 Å². The number of anilines is 3. The molecule has 0 saturated carbocycles. The molecular formula is C19H15FN4O2S2. The number of nitrogens with one attached hydrogen (secondary N) is 2. The second kappa shape index (κ2) is 8.07. The van der Waals surface area contributed by atoms with Crippen LogP contribution in [0.4, 0.5) is 20.9 Å². The molecule has 0 saturated heterocycles. The van der Waals surface area contributed by atoms with Crippen molar-refractivity contribution >= 4 is 51.3 Å². The predicted octanol–water partition coefficient (Wildman–Crippen LogP) is 4.28. The average Bonchev–Trinajstić information content (AvgIpc) is 3.15. The van der Waals surface area contributed by atoms with Crippen molar-refractivity contribution in [3.8, 4) is 0 Å². The van der Waals surface area contributed by atoms with E-state index in [1.807, 2.05) is 6.07 Å². The maximum Gasteiger partial charge on any atom is 0.224 e. The highest BCUT2D eigenvalue weighted by Gasteiger charge is 2.17. The van der Waals surface area contributed by atoms with Crippen LogP contribution >= 0.6 is 23.1 Å². The molecule has 3 aromatic rings. The van der Waals surface area contributed by atoms with E-state index < -0.39 is 0 Å². The first-order valence-electron chi connectivity index (χ1n) is 8.52. The van der Waals surface area contributed by atoms with Crippen molar-refractivity contribution in [3.05, 3.63) is 59.4 Å². The van der Waals surface area contributed by atoms with Crippen molar-refractivity contribution < 1.29 is 14.0 Å². The highest BCUT2D eigenvalue weighted by Crippen LogP contribution is 2.29. The van der Waals surface area contributed by atoms with Crippen molar-refractivity contribution in [1.29, 1.82) is 0 Å². The van der Waals surface area contributed by atoms with Crippen LogP contribution in [-0.2, 0) is 11.2 Å². The summed E-state index contributed by atoms with van der Waals surface area (Å²) in [5.74, 6) is -0.174. The number of carbonyl (C=O) groups excluding carboxylic acids is 2. The molecule has 0 fully saturated rings. The number of ketones is 1. The Morgan fingerprint density at radius 1 is 1.21 bits per heavy atom. The van der Waals surface area contributed by atoms with E-state index in [2.05, 4.69) is 20.8 Å². The van der Waals surface area contributed by atoms with Gasteiger partial charge in [0.15, 0.2) is 10.1 Å². The highest BCUT2D eigenvalue weighted by atomic mass is 32.2. The van der Waals surface area contributed by atoms with Crippen LogP contribution in [0.2, 0.25) is 0 Å². The van der Waals surface area contributed by atoms with Crippen LogP contribution in [0.15, 0.2) is 46.8 Å². The second-order valence-electron chi connectivity index (χ2n) is 6.11. The van der Waals surface area contributed by atoms with Gasteiger partial charge >= 0.3 is 0 Å². The van der Waals surface area contributed by atoms with E-state index in [0.717, 1.165) is 11.3 Å². The molecular weight excluding hydrogens is 399 g/mol. The molecule has 28 heavy (non-hydrogen) atoms. The van der Waals surface area contributed by atoms with Crippen LogP contribution in [0, 0.1) is 5.82 Å². The Balaban J connectivity index is 1.37. The normalized spacial score (nSPS) is 13.0. The Kier molecular flexibility index (Phi) is 5.36. The number of aryl methyl sites for hydroxylation is 1. The summed E-state index contributed by atoms with van der Waals surface area (Å²) in [5.41, 5.74) is 2.68. The number of fused-ring (bicyclic) bond motifs is 1. The third kappa shape index (κ3) is 4.20. The SMILES string of the molecule is O=C1CCc2cc(C(=O)CSc3nnc(Nc4ccccc4F)s3)ccc2N1. The van der Waals surface area contributed by atoms with E-state index in [9.17, 15) is 14.0 Å². The number of aromatic nitrogens is 2. The van der Waals surface area contributed by atoms with Gasteiger partial charge in [-0.15, -0.1) is 10.2 Å². The molecule has 6 nitrogen and oxygen atoms in total. The number of nitrogens with zero attached hydrogens (tertiary/aromatic N) is 2. The van der Waals surface area contributed by atoms with E-state index in [-0.39, 0.29) is 23.3 Å². The molecule has 1 aliphatic heterocycles. The third-order valence-electron chi connectivity index (χ3n) is 4.17. The van der Waals surface area contributed by atoms with Gasteiger partial charge in [-0.1, -0.05) is 35.2 Å². The summed E-state index contributed by atoms with van der Waals surface area (Å²) in [6, 6.07) is 11.6. The van der Waals surface area contributed by atoms with Crippen LogP contribution in [0.25, 0.3) is 0 Å². The number of amides is 1. The van der Waals surface area contributed by atoms with Crippen molar-refractivity contribution in [2.75, 3.05) is 16.4 Å². The molecule has 4 rings (SSSR count). The summed E-state index contributed by atoms with van der Waals surface area (Å²) in [6.07, 6.45) is 1.07. The molecule has 2 aromatic carbocycles. The van der Waals surface area contributed by atoms with Gasteiger partial charge in [0.25, 0.3) is 0 Å². The summed E-state index contributed by atoms with van der Waals surface area (Å²) in [5, 5.41) is 14.2. The van der Waals surface area contributed by atoms with E-state index in [0.29, 0.717) is 33.6 Å². The first-order chi connectivity index (χ1) is 13.6. The summed E-state index contributed by atoms with van der Waals surface area (Å²) >= 11 is 2.55. The number of rotatable bonds is 6. The van der Waals surface area contributed by atoms with Gasteiger partial charge in [0.05, 0.1) is 11.4 Å². The third-order valence-corrected chi connectivity index (χ3v) is 6.14. The molecule has 0 radical (unpaired) electrons. The molecule has 142 valence electrons. The quantitative estimate of drug-likeness (QED) is 0.463. The maximum atomic E-state index is 13.7. The number of carbonyl (C=O) groups is 2. The van der Waals surface area contributed by atoms with Crippen molar-refractivity contribution in [3.63, 3.8) is 0 Å². The fourth-order valence-electron chi connectivity index (χ4n) is 2.76. The van der Waals surface area contributed by atoms with Gasteiger partial charge in [-0.05, 0) is 42.3 Å². The smallest absolute Gasteiger partial charge is 0.224 e. The van der Waals surface area contributed by atoms with Crippen molar-refractivity contribution in [2.45, 2.75) is 17.2 Å². The minimum atomic E-state index is -0.370. The number of para-hydroxylation sites is 1. The molecule has 9 heteroatoms. The molecule has 1 aromatic heterocycles. The van der Waals surface area contributed by atoms with E-state index >= 15 is 0 Å². The number of hydrogen-bond donors (Lipinski definition) is 2.